The van der Waals surface area contributed by atoms with Crippen LogP contribution >= 0.6 is 0 Å². The molecule has 0 fully saturated rings. The number of benzene rings is 2. The Hall–Kier alpha value is -4.73. The Morgan fingerprint density at radius 3 is 2.71 bits per heavy atom. The third-order valence-corrected chi connectivity index (χ3v) is 5.41. The van der Waals surface area contributed by atoms with E-state index in [1.54, 1.807) is 42.9 Å². The summed E-state index contributed by atoms with van der Waals surface area (Å²) in [5.74, 6) is 0.494. The maximum Gasteiger partial charge on any atom is 0.276 e. The average molecular weight is 470 g/mol. The van der Waals surface area contributed by atoms with Gasteiger partial charge in [0.15, 0.2) is 0 Å². The van der Waals surface area contributed by atoms with Crippen molar-refractivity contribution >= 4 is 45.5 Å². The second-order valence-electron chi connectivity index (χ2n) is 7.91. The molecule has 176 valence electrons. The van der Waals surface area contributed by atoms with Crippen molar-refractivity contribution < 1.29 is 14.3 Å². The molecule has 3 heterocycles. The summed E-state index contributed by atoms with van der Waals surface area (Å²) < 4.78 is 5.77. The van der Waals surface area contributed by atoms with E-state index in [1.165, 1.54) is 0 Å². The van der Waals surface area contributed by atoms with Crippen molar-refractivity contribution in [3.63, 3.8) is 0 Å². The van der Waals surface area contributed by atoms with Crippen LogP contribution in [0.1, 0.15) is 40.6 Å². The number of amides is 2. The van der Waals surface area contributed by atoms with Crippen molar-refractivity contribution in [3.8, 4) is 5.75 Å². The number of ether oxygens (including phenoxy) is 1. The third kappa shape index (κ3) is 4.81. The number of unbranched alkanes of at least 4 members (excludes halogenated alkanes) is 1. The fraction of sp³-hybridized carbons (Fsp3) is 0.160. The van der Waals surface area contributed by atoms with Gasteiger partial charge in [0.1, 0.15) is 17.0 Å². The van der Waals surface area contributed by atoms with Crippen LogP contribution in [-0.4, -0.2) is 43.3 Å². The molecule has 5 rings (SSSR count). The lowest BCUT2D eigenvalue weighted by molar-refractivity contribution is 0.101. The summed E-state index contributed by atoms with van der Waals surface area (Å²) in [5.41, 5.74) is 1.61. The summed E-state index contributed by atoms with van der Waals surface area (Å²) in [6.45, 7) is 2.76. The second-order valence-corrected chi connectivity index (χ2v) is 7.91. The minimum absolute atomic E-state index is 0.210. The van der Waals surface area contributed by atoms with E-state index in [4.69, 9.17) is 4.74 Å². The van der Waals surface area contributed by atoms with Gasteiger partial charge in [0.2, 0.25) is 11.9 Å². The molecule has 10 nitrogen and oxygen atoms in total. The Morgan fingerprint density at radius 1 is 1.00 bits per heavy atom. The first-order valence-corrected chi connectivity index (χ1v) is 11.2. The molecule has 0 unspecified atom stereocenters. The van der Waals surface area contributed by atoms with Crippen LogP contribution in [0.4, 0.5) is 11.9 Å². The minimum atomic E-state index is -0.426. The SMILES string of the molecule is CCCCOc1ccc2cnc(C(=O)Nc3nc4c(C(=O)Nc5ncc[nH]5)cccc4[nH]3)cc2c1. The van der Waals surface area contributed by atoms with E-state index >= 15 is 0 Å². The highest BCUT2D eigenvalue weighted by Crippen LogP contribution is 2.23. The van der Waals surface area contributed by atoms with Crippen LogP contribution in [0.15, 0.2) is 61.1 Å². The van der Waals surface area contributed by atoms with Gasteiger partial charge in [-0.2, -0.15) is 0 Å². The molecule has 0 aliphatic rings. The Morgan fingerprint density at radius 2 is 1.89 bits per heavy atom. The van der Waals surface area contributed by atoms with Crippen LogP contribution < -0.4 is 15.4 Å². The van der Waals surface area contributed by atoms with Gasteiger partial charge in [0.05, 0.1) is 17.7 Å². The Bertz CT molecular complexity index is 1510. The van der Waals surface area contributed by atoms with Crippen molar-refractivity contribution in [2.24, 2.45) is 0 Å². The molecular weight excluding hydrogens is 446 g/mol. The second kappa shape index (κ2) is 9.64. The topological polar surface area (TPSA) is 138 Å². The normalized spacial score (nSPS) is 11.0. The number of pyridine rings is 1. The number of aromatic nitrogens is 5. The zero-order valence-corrected chi connectivity index (χ0v) is 19.0. The van der Waals surface area contributed by atoms with Crippen molar-refractivity contribution in [3.05, 3.63) is 72.3 Å². The predicted octanol–water partition coefficient (Wildman–Crippen LogP) is 4.52. The van der Waals surface area contributed by atoms with Gasteiger partial charge in [-0.15, -0.1) is 0 Å². The summed E-state index contributed by atoms with van der Waals surface area (Å²) >= 11 is 0. The average Bonchev–Trinajstić information content (AvgIpc) is 3.52. The van der Waals surface area contributed by atoms with Crippen molar-refractivity contribution in [2.75, 3.05) is 17.2 Å². The summed E-state index contributed by atoms with van der Waals surface area (Å²) in [4.78, 5) is 44.1. The molecule has 0 aliphatic carbocycles. The van der Waals surface area contributed by atoms with Crippen molar-refractivity contribution in [1.82, 2.24) is 24.9 Å². The number of nitrogens with one attached hydrogen (secondary N) is 4. The first-order chi connectivity index (χ1) is 17.1. The molecule has 2 aromatic carbocycles. The third-order valence-electron chi connectivity index (χ3n) is 5.41. The molecule has 0 saturated heterocycles. The van der Waals surface area contributed by atoms with Crippen molar-refractivity contribution in [2.45, 2.75) is 19.8 Å². The van der Waals surface area contributed by atoms with E-state index in [9.17, 15) is 9.59 Å². The molecule has 10 heteroatoms. The van der Waals surface area contributed by atoms with E-state index in [1.807, 2.05) is 18.2 Å². The van der Waals surface area contributed by atoms with E-state index in [2.05, 4.69) is 42.5 Å². The molecule has 0 atom stereocenters. The highest BCUT2D eigenvalue weighted by molar-refractivity contribution is 6.11. The summed E-state index contributed by atoms with van der Waals surface area (Å²) in [7, 11) is 0. The number of para-hydroxylation sites is 1. The van der Waals surface area contributed by atoms with Crippen LogP contribution in [0, 0.1) is 0 Å². The number of rotatable bonds is 8. The summed E-state index contributed by atoms with van der Waals surface area (Å²) in [5, 5.41) is 7.16. The molecule has 35 heavy (non-hydrogen) atoms. The maximum absolute atomic E-state index is 12.9. The number of H-pyrrole nitrogens is 2. The molecule has 0 bridgehead atoms. The number of aromatic amines is 2. The largest absolute Gasteiger partial charge is 0.494 e. The van der Waals surface area contributed by atoms with Gasteiger partial charge >= 0.3 is 0 Å². The maximum atomic E-state index is 12.9. The standard InChI is InChI=1S/C25H23N7O3/c1-2-3-11-35-17-8-7-15-14-28-20(13-16(15)12-17)23(34)32-25-29-19-6-4-5-18(21(19)30-25)22(33)31-24-26-9-10-27-24/h4-10,12-14H,2-3,11H2,1H3,(H2,26,27,31,33)(H2,29,30,32,34). The quantitative estimate of drug-likeness (QED) is 0.247. The number of hydrogen-bond donors (Lipinski definition) is 4. The smallest absolute Gasteiger partial charge is 0.276 e. The first-order valence-electron chi connectivity index (χ1n) is 11.2. The van der Waals surface area contributed by atoms with Gasteiger partial charge in [0, 0.05) is 24.0 Å². The van der Waals surface area contributed by atoms with Crippen LogP contribution in [-0.2, 0) is 0 Å². The first kappa shape index (κ1) is 22.1. The predicted molar refractivity (Wildman–Crippen MR) is 133 cm³/mol. The van der Waals surface area contributed by atoms with Gasteiger partial charge in [-0.25, -0.2) is 9.97 Å². The molecule has 0 spiro atoms. The number of carbonyl (C=O) groups excluding carboxylic acids is 2. The Kier molecular flexibility index (Phi) is 6.08. The van der Waals surface area contributed by atoms with E-state index < -0.39 is 5.91 Å². The fourth-order valence-corrected chi connectivity index (χ4v) is 3.62. The molecule has 5 aromatic rings. The van der Waals surface area contributed by atoms with E-state index in [-0.39, 0.29) is 17.5 Å². The van der Waals surface area contributed by atoms with Gasteiger partial charge in [-0.3, -0.25) is 25.2 Å². The molecular formula is C25H23N7O3. The van der Waals surface area contributed by atoms with Crippen molar-refractivity contribution in [1.29, 1.82) is 0 Å². The molecule has 0 aliphatic heterocycles. The van der Waals surface area contributed by atoms with E-state index in [0.29, 0.717) is 29.2 Å². The molecule has 3 aromatic heterocycles. The lowest BCUT2D eigenvalue weighted by Crippen LogP contribution is -2.15. The number of nitrogens with zero attached hydrogens (tertiary/aromatic N) is 3. The number of anilines is 2. The summed E-state index contributed by atoms with van der Waals surface area (Å²) in [6, 6.07) is 12.6. The van der Waals surface area contributed by atoms with Crippen LogP contribution in [0.3, 0.4) is 0 Å². The number of fused-ring (bicyclic) bond motifs is 2. The van der Waals surface area contributed by atoms with Gasteiger partial charge in [0.25, 0.3) is 11.8 Å². The molecule has 4 N–H and O–H groups in total. The minimum Gasteiger partial charge on any atom is -0.494 e. The lowest BCUT2D eigenvalue weighted by Gasteiger charge is -2.07. The number of hydrogen-bond acceptors (Lipinski definition) is 6. The van der Waals surface area contributed by atoms with Gasteiger partial charge in [-0.1, -0.05) is 19.4 Å². The highest BCUT2D eigenvalue weighted by Gasteiger charge is 2.17. The Balaban J connectivity index is 1.35. The molecule has 0 radical (unpaired) electrons. The number of imidazole rings is 2. The zero-order valence-electron chi connectivity index (χ0n) is 19.0. The van der Waals surface area contributed by atoms with Gasteiger partial charge < -0.3 is 14.7 Å². The van der Waals surface area contributed by atoms with Crippen LogP contribution in [0.5, 0.6) is 5.75 Å². The highest BCUT2D eigenvalue weighted by atomic mass is 16.5. The van der Waals surface area contributed by atoms with Gasteiger partial charge in [-0.05, 0) is 48.2 Å². The van der Waals surface area contributed by atoms with E-state index in [0.717, 1.165) is 29.4 Å². The Labute approximate surface area is 200 Å². The summed E-state index contributed by atoms with van der Waals surface area (Å²) in [6.07, 6.45) is 6.83. The van der Waals surface area contributed by atoms with Crippen LogP contribution in [0.2, 0.25) is 0 Å². The molecule has 0 saturated carbocycles. The fourth-order valence-electron chi connectivity index (χ4n) is 3.62. The molecule has 2 amide bonds. The van der Waals surface area contributed by atoms with Crippen LogP contribution in [0.25, 0.3) is 21.8 Å². The lowest BCUT2D eigenvalue weighted by atomic mass is 10.1. The number of carbonyl (C=O) groups is 2. The zero-order chi connectivity index (χ0) is 24.2. The monoisotopic (exact) mass is 469 g/mol.